The molecule has 0 atom stereocenters. The van der Waals surface area contributed by atoms with Crippen molar-refractivity contribution < 1.29 is 4.42 Å². The van der Waals surface area contributed by atoms with Crippen LogP contribution in [0.15, 0.2) is 150 Å². The molecule has 202 valence electrons. The molecule has 1 aliphatic rings. The predicted molar refractivity (Wildman–Crippen MR) is 183 cm³/mol. The Hall–Kier alpha value is -5.40. The van der Waals surface area contributed by atoms with E-state index in [0.717, 1.165) is 24.0 Å². The average molecular weight is 549 g/mol. The molecular formula is C42H28O. The van der Waals surface area contributed by atoms with Crippen LogP contribution in [0.1, 0.15) is 24.0 Å². The first-order chi connectivity index (χ1) is 21.4. The minimum absolute atomic E-state index is 0.939. The smallest absolute Gasteiger partial charge is 0.142 e. The van der Waals surface area contributed by atoms with Crippen LogP contribution < -0.4 is 0 Å². The van der Waals surface area contributed by atoms with Gasteiger partial charge in [-0.3, -0.25) is 0 Å². The molecule has 0 radical (unpaired) electrons. The van der Waals surface area contributed by atoms with Gasteiger partial charge in [0.1, 0.15) is 11.2 Å². The van der Waals surface area contributed by atoms with E-state index in [-0.39, 0.29) is 0 Å². The second-order valence-electron chi connectivity index (χ2n) is 11.5. The molecule has 43 heavy (non-hydrogen) atoms. The molecule has 0 bridgehead atoms. The second-order valence-corrected chi connectivity index (χ2v) is 11.5. The van der Waals surface area contributed by atoms with E-state index in [0.29, 0.717) is 0 Å². The molecule has 0 unspecified atom stereocenters. The third-order valence-electron chi connectivity index (χ3n) is 9.16. The van der Waals surface area contributed by atoms with E-state index < -0.39 is 0 Å². The first kappa shape index (κ1) is 24.2. The Morgan fingerprint density at radius 2 is 1.00 bits per heavy atom. The second kappa shape index (κ2) is 9.58. The lowest BCUT2D eigenvalue weighted by Gasteiger charge is -2.23. The van der Waals surface area contributed by atoms with Gasteiger partial charge in [0.25, 0.3) is 0 Å². The van der Waals surface area contributed by atoms with Gasteiger partial charge >= 0.3 is 0 Å². The van der Waals surface area contributed by atoms with Crippen molar-refractivity contribution in [1.29, 1.82) is 0 Å². The Morgan fingerprint density at radius 3 is 1.77 bits per heavy atom. The lowest BCUT2D eigenvalue weighted by atomic mass is 9.80. The van der Waals surface area contributed by atoms with Gasteiger partial charge in [0.15, 0.2) is 0 Å². The van der Waals surface area contributed by atoms with Crippen LogP contribution in [-0.4, -0.2) is 0 Å². The summed E-state index contributed by atoms with van der Waals surface area (Å²) in [5, 5.41) is 10.00. The van der Waals surface area contributed by atoms with Gasteiger partial charge < -0.3 is 4.42 Å². The Labute approximate surface area is 250 Å². The molecule has 0 fully saturated rings. The minimum atomic E-state index is 0.939. The highest BCUT2D eigenvalue weighted by Crippen LogP contribution is 2.47. The lowest BCUT2D eigenvalue weighted by molar-refractivity contribution is 0.667. The predicted octanol–water partition coefficient (Wildman–Crippen LogP) is 12.0. The van der Waals surface area contributed by atoms with Gasteiger partial charge in [0.05, 0.1) is 0 Å². The molecular weight excluding hydrogens is 520 g/mol. The number of benzene rings is 7. The summed E-state index contributed by atoms with van der Waals surface area (Å²) in [7, 11) is 0. The van der Waals surface area contributed by atoms with E-state index in [1.165, 1.54) is 76.5 Å². The maximum absolute atomic E-state index is 6.56. The van der Waals surface area contributed by atoms with Crippen LogP contribution >= 0.6 is 0 Å². The number of hydrogen-bond donors (Lipinski definition) is 0. The van der Waals surface area contributed by atoms with E-state index in [1.807, 2.05) is 6.07 Å². The van der Waals surface area contributed by atoms with Crippen molar-refractivity contribution in [2.75, 3.05) is 0 Å². The molecule has 0 saturated carbocycles. The Balaban J connectivity index is 1.41. The summed E-state index contributed by atoms with van der Waals surface area (Å²) in [5.41, 5.74) is 9.62. The van der Waals surface area contributed by atoms with Crippen molar-refractivity contribution in [2.45, 2.75) is 12.8 Å². The molecule has 0 spiro atoms. The summed E-state index contributed by atoms with van der Waals surface area (Å²) in [6.45, 7) is 0. The van der Waals surface area contributed by atoms with E-state index in [2.05, 4.69) is 140 Å². The highest BCUT2D eigenvalue weighted by molar-refractivity contribution is 6.24. The zero-order chi connectivity index (χ0) is 28.3. The summed E-state index contributed by atoms with van der Waals surface area (Å²) < 4.78 is 6.56. The van der Waals surface area contributed by atoms with Crippen LogP contribution in [0, 0.1) is 0 Å². The standard InChI is InChI=1S/C42H28O/c1-2-15-28-27(13-1)14-11-23-31(28)40-33-19-5-7-21-35(33)41(36-22-8-6-20-34(36)40)32-18-4-3-16-29(32)37-24-12-25-38-30-17-9-10-26-39(30)43-42(37)38/h1-2,4-15,17-26H,3,16H2. The Morgan fingerprint density at radius 1 is 0.442 bits per heavy atom. The third kappa shape index (κ3) is 3.65. The van der Waals surface area contributed by atoms with Crippen molar-refractivity contribution in [3.63, 3.8) is 0 Å². The molecule has 0 saturated heterocycles. The highest BCUT2D eigenvalue weighted by atomic mass is 16.3. The molecule has 1 heteroatoms. The monoisotopic (exact) mass is 548 g/mol. The van der Waals surface area contributed by atoms with Crippen LogP contribution in [0.3, 0.4) is 0 Å². The fourth-order valence-electron chi connectivity index (χ4n) is 7.32. The molecule has 1 aromatic heterocycles. The van der Waals surface area contributed by atoms with Crippen molar-refractivity contribution in [1.82, 2.24) is 0 Å². The SMILES string of the molecule is C1=CC(c2c3ccccc3c(-c3cccc4ccccc34)c3ccccc23)=C(c2cccc3c2oc2ccccc23)CC1. The minimum Gasteiger partial charge on any atom is -0.455 e. The summed E-state index contributed by atoms with van der Waals surface area (Å²) in [6, 6.07) is 48.3. The largest absolute Gasteiger partial charge is 0.455 e. The van der Waals surface area contributed by atoms with Gasteiger partial charge in [-0.15, -0.1) is 0 Å². The zero-order valence-electron chi connectivity index (χ0n) is 23.7. The van der Waals surface area contributed by atoms with Gasteiger partial charge in [0.2, 0.25) is 0 Å². The first-order valence-electron chi connectivity index (χ1n) is 15.1. The molecule has 1 heterocycles. The number of rotatable bonds is 3. The molecule has 8 aromatic rings. The number of furan rings is 1. The van der Waals surface area contributed by atoms with Crippen molar-refractivity contribution in [3.8, 4) is 11.1 Å². The fraction of sp³-hybridized carbons (Fsp3) is 0.0476. The molecule has 0 aliphatic heterocycles. The topological polar surface area (TPSA) is 13.1 Å². The Kier molecular flexibility index (Phi) is 5.39. The number of para-hydroxylation sites is 2. The van der Waals surface area contributed by atoms with Crippen LogP contribution in [-0.2, 0) is 0 Å². The van der Waals surface area contributed by atoms with E-state index in [4.69, 9.17) is 4.42 Å². The third-order valence-corrected chi connectivity index (χ3v) is 9.16. The number of allylic oxidation sites excluding steroid dienone is 4. The van der Waals surface area contributed by atoms with Crippen molar-refractivity contribution in [2.24, 2.45) is 0 Å². The van der Waals surface area contributed by atoms with E-state index in [1.54, 1.807) is 0 Å². The molecule has 9 rings (SSSR count). The van der Waals surface area contributed by atoms with E-state index in [9.17, 15) is 0 Å². The molecule has 0 amide bonds. The van der Waals surface area contributed by atoms with Crippen LogP contribution in [0.5, 0.6) is 0 Å². The van der Waals surface area contributed by atoms with Crippen molar-refractivity contribution in [3.05, 3.63) is 157 Å². The van der Waals surface area contributed by atoms with Crippen molar-refractivity contribution >= 4 is 65.4 Å². The number of fused-ring (bicyclic) bond motifs is 6. The maximum atomic E-state index is 6.56. The molecule has 1 aliphatic carbocycles. The van der Waals surface area contributed by atoms with Gasteiger partial charge in [-0.25, -0.2) is 0 Å². The van der Waals surface area contributed by atoms with Crippen LogP contribution in [0.4, 0.5) is 0 Å². The Bertz CT molecular complexity index is 2390. The fourth-order valence-corrected chi connectivity index (χ4v) is 7.32. The summed E-state index contributed by atoms with van der Waals surface area (Å²) in [4.78, 5) is 0. The summed E-state index contributed by atoms with van der Waals surface area (Å²) in [5.74, 6) is 0. The molecule has 0 N–H and O–H groups in total. The van der Waals surface area contributed by atoms with Crippen LogP contribution in [0.25, 0.3) is 76.5 Å². The van der Waals surface area contributed by atoms with Gasteiger partial charge in [0, 0.05) is 16.3 Å². The summed E-state index contributed by atoms with van der Waals surface area (Å²) in [6.07, 6.45) is 6.67. The van der Waals surface area contributed by atoms with Gasteiger partial charge in [-0.1, -0.05) is 140 Å². The van der Waals surface area contributed by atoms with E-state index >= 15 is 0 Å². The zero-order valence-corrected chi connectivity index (χ0v) is 23.7. The lowest BCUT2D eigenvalue weighted by Crippen LogP contribution is -1.99. The first-order valence-corrected chi connectivity index (χ1v) is 15.1. The normalized spacial score (nSPS) is 13.7. The molecule has 7 aromatic carbocycles. The quantitative estimate of drug-likeness (QED) is 0.200. The summed E-state index contributed by atoms with van der Waals surface area (Å²) >= 11 is 0. The van der Waals surface area contributed by atoms with Gasteiger partial charge in [-0.05, 0) is 79.1 Å². The van der Waals surface area contributed by atoms with Crippen LogP contribution in [0.2, 0.25) is 0 Å². The number of hydrogen-bond acceptors (Lipinski definition) is 1. The average Bonchev–Trinajstić information content (AvgIpc) is 3.46. The highest BCUT2D eigenvalue weighted by Gasteiger charge is 2.23. The van der Waals surface area contributed by atoms with Gasteiger partial charge in [-0.2, -0.15) is 0 Å². The maximum Gasteiger partial charge on any atom is 0.142 e. The molecule has 1 nitrogen and oxygen atoms in total.